The SMILES string of the molecule is CC(Oc1ccc(N)cn1)C12CC3CC(CC(C3)C1)C2. The number of ether oxygens (including phenoxy) is 1. The van der Waals surface area contributed by atoms with E-state index in [1.807, 2.05) is 12.1 Å². The molecule has 1 atom stereocenters. The van der Waals surface area contributed by atoms with Crippen LogP contribution in [0.3, 0.4) is 0 Å². The maximum atomic E-state index is 6.19. The molecule has 2 N–H and O–H groups in total. The lowest BCUT2D eigenvalue weighted by molar-refractivity contribution is -0.106. The molecular weight excluding hydrogens is 248 g/mol. The smallest absolute Gasteiger partial charge is 0.213 e. The Hall–Kier alpha value is -1.25. The summed E-state index contributed by atoms with van der Waals surface area (Å²) in [6.07, 6.45) is 10.5. The Morgan fingerprint density at radius 2 is 1.75 bits per heavy atom. The molecule has 3 heteroatoms. The van der Waals surface area contributed by atoms with Gasteiger partial charge in [-0.3, -0.25) is 0 Å². The quantitative estimate of drug-likeness (QED) is 0.913. The number of nitrogen functional groups attached to an aromatic ring is 1. The van der Waals surface area contributed by atoms with Gasteiger partial charge in [-0.1, -0.05) is 0 Å². The second kappa shape index (κ2) is 4.37. The summed E-state index contributed by atoms with van der Waals surface area (Å²) in [5.41, 5.74) is 6.79. The third kappa shape index (κ3) is 1.99. The molecule has 0 amide bonds. The molecule has 4 fully saturated rings. The number of hydrogen-bond acceptors (Lipinski definition) is 3. The molecule has 3 nitrogen and oxygen atoms in total. The molecule has 4 bridgehead atoms. The Kier molecular flexibility index (Phi) is 2.73. The predicted octanol–water partition coefficient (Wildman–Crippen LogP) is 3.65. The van der Waals surface area contributed by atoms with Crippen molar-refractivity contribution in [2.75, 3.05) is 5.73 Å². The van der Waals surface area contributed by atoms with Gasteiger partial charge < -0.3 is 10.5 Å². The first kappa shape index (κ1) is 12.5. The van der Waals surface area contributed by atoms with Crippen LogP contribution in [-0.2, 0) is 0 Å². The molecule has 0 saturated heterocycles. The molecule has 4 aliphatic carbocycles. The number of nitrogens with two attached hydrogens (primary N) is 1. The van der Waals surface area contributed by atoms with Crippen LogP contribution in [0.25, 0.3) is 0 Å². The molecule has 4 aliphatic rings. The van der Waals surface area contributed by atoms with Crippen LogP contribution >= 0.6 is 0 Å². The third-order valence-electron chi connectivity index (χ3n) is 6.00. The number of aromatic nitrogens is 1. The number of hydrogen-bond donors (Lipinski definition) is 1. The van der Waals surface area contributed by atoms with Crippen LogP contribution in [0.2, 0.25) is 0 Å². The first-order valence-electron chi connectivity index (χ1n) is 8.01. The van der Waals surface area contributed by atoms with Gasteiger partial charge in [0.25, 0.3) is 0 Å². The summed E-state index contributed by atoms with van der Waals surface area (Å²) >= 11 is 0. The summed E-state index contributed by atoms with van der Waals surface area (Å²) in [4.78, 5) is 4.30. The molecule has 0 spiro atoms. The van der Waals surface area contributed by atoms with Crippen LogP contribution in [0.4, 0.5) is 5.69 Å². The molecule has 0 aliphatic heterocycles. The monoisotopic (exact) mass is 272 g/mol. The summed E-state index contributed by atoms with van der Waals surface area (Å²) in [5.74, 6) is 3.62. The molecule has 20 heavy (non-hydrogen) atoms. The van der Waals surface area contributed by atoms with Gasteiger partial charge in [-0.25, -0.2) is 4.98 Å². The maximum absolute atomic E-state index is 6.19. The van der Waals surface area contributed by atoms with Gasteiger partial charge in [0.2, 0.25) is 5.88 Å². The molecular formula is C17H24N2O. The summed E-state index contributed by atoms with van der Waals surface area (Å²) in [6, 6.07) is 3.76. The van der Waals surface area contributed by atoms with E-state index < -0.39 is 0 Å². The minimum absolute atomic E-state index is 0.270. The molecule has 0 radical (unpaired) electrons. The highest BCUT2D eigenvalue weighted by atomic mass is 16.5. The van der Waals surface area contributed by atoms with Gasteiger partial charge in [-0.15, -0.1) is 0 Å². The molecule has 108 valence electrons. The van der Waals surface area contributed by atoms with E-state index in [0.717, 1.165) is 23.6 Å². The van der Waals surface area contributed by atoms with E-state index in [9.17, 15) is 0 Å². The number of rotatable bonds is 3. The van der Waals surface area contributed by atoms with E-state index in [-0.39, 0.29) is 6.10 Å². The van der Waals surface area contributed by atoms with E-state index in [2.05, 4.69) is 11.9 Å². The van der Waals surface area contributed by atoms with Crippen LogP contribution < -0.4 is 10.5 Å². The van der Waals surface area contributed by atoms with Crippen molar-refractivity contribution in [1.29, 1.82) is 0 Å². The van der Waals surface area contributed by atoms with Crippen molar-refractivity contribution in [2.45, 2.75) is 51.6 Å². The number of anilines is 1. The van der Waals surface area contributed by atoms with Gasteiger partial charge >= 0.3 is 0 Å². The molecule has 1 unspecified atom stereocenters. The van der Waals surface area contributed by atoms with Crippen molar-refractivity contribution in [1.82, 2.24) is 4.98 Å². The molecule has 1 heterocycles. The highest BCUT2D eigenvalue weighted by Crippen LogP contribution is 2.61. The third-order valence-corrected chi connectivity index (χ3v) is 6.00. The highest BCUT2D eigenvalue weighted by Gasteiger charge is 2.54. The Morgan fingerprint density at radius 3 is 2.25 bits per heavy atom. The van der Waals surface area contributed by atoms with E-state index in [1.165, 1.54) is 38.5 Å². The zero-order chi connectivity index (χ0) is 13.7. The van der Waals surface area contributed by atoms with Crippen molar-refractivity contribution in [3.05, 3.63) is 18.3 Å². The predicted molar refractivity (Wildman–Crippen MR) is 79.3 cm³/mol. The van der Waals surface area contributed by atoms with Crippen LogP contribution in [0.15, 0.2) is 18.3 Å². The first-order chi connectivity index (χ1) is 9.63. The van der Waals surface area contributed by atoms with Gasteiger partial charge in [-0.05, 0) is 69.3 Å². The van der Waals surface area contributed by atoms with Crippen molar-refractivity contribution in [2.24, 2.45) is 23.2 Å². The average molecular weight is 272 g/mol. The van der Waals surface area contributed by atoms with Crippen molar-refractivity contribution in [3.63, 3.8) is 0 Å². The van der Waals surface area contributed by atoms with E-state index in [4.69, 9.17) is 10.5 Å². The molecule has 1 aromatic heterocycles. The standard InChI is InChI=1S/C17H24N2O/c1-11(20-16-3-2-15(18)10-19-16)17-7-12-4-13(8-17)6-14(5-12)9-17/h2-3,10-14H,4-9,18H2,1H3. The fourth-order valence-electron chi connectivity index (χ4n) is 5.44. The lowest BCUT2D eigenvalue weighted by atomic mass is 9.48. The van der Waals surface area contributed by atoms with Crippen molar-refractivity contribution in [3.8, 4) is 5.88 Å². The summed E-state index contributed by atoms with van der Waals surface area (Å²) in [5, 5.41) is 0. The Bertz CT molecular complexity index is 461. The van der Waals surface area contributed by atoms with Gasteiger partial charge in [-0.2, -0.15) is 0 Å². The van der Waals surface area contributed by atoms with Gasteiger partial charge in [0.1, 0.15) is 6.10 Å². The Balaban J connectivity index is 1.53. The summed E-state index contributed by atoms with van der Waals surface area (Å²) in [7, 11) is 0. The van der Waals surface area contributed by atoms with Crippen LogP contribution in [0, 0.1) is 23.2 Å². The van der Waals surface area contributed by atoms with Gasteiger partial charge in [0.05, 0.1) is 11.9 Å². The number of pyridine rings is 1. The largest absolute Gasteiger partial charge is 0.474 e. The topological polar surface area (TPSA) is 48.1 Å². The van der Waals surface area contributed by atoms with Crippen molar-refractivity contribution >= 4 is 5.69 Å². The average Bonchev–Trinajstić information content (AvgIpc) is 2.40. The van der Waals surface area contributed by atoms with Gasteiger partial charge in [0.15, 0.2) is 0 Å². The van der Waals surface area contributed by atoms with Gasteiger partial charge in [0, 0.05) is 11.5 Å². The Morgan fingerprint density at radius 1 is 1.15 bits per heavy atom. The van der Waals surface area contributed by atoms with Crippen molar-refractivity contribution < 1.29 is 4.74 Å². The van der Waals surface area contributed by atoms with Crippen LogP contribution in [0.5, 0.6) is 5.88 Å². The summed E-state index contributed by atoms with van der Waals surface area (Å²) < 4.78 is 6.19. The molecule has 1 aromatic rings. The molecule has 0 aromatic carbocycles. The van der Waals surface area contributed by atoms with Crippen LogP contribution in [-0.4, -0.2) is 11.1 Å². The maximum Gasteiger partial charge on any atom is 0.213 e. The summed E-state index contributed by atoms with van der Waals surface area (Å²) in [6.45, 7) is 2.26. The second-order valence-corrected chi connectivity index (χ2v) is 7.47. The van der Waals surface area contributed by atoms with Crippen LogP contribution in [0.1, 0.15) is 45.4 Å². The van der Waals surface area contributed by atoms with E-state index in [1.54, 1.807) is 6.20 Å². The lowest BCUT2D eigenvalue weighted by Gasteiger charge is -2.58. The van der Waals surface area contributed by atoms with E-state index in [0.29, 0.717) is 11.1 Å². The second-order valence-electron chi connectivity index (χ2n) is 7.47. The minimum atomic E-state index is 0.270. The fourth-order valence-corrected chi connectivity index (χ4v) is 5.44. The first-order valence-corrected chi connectivity index (χ1v) is 8.01. The molecule has 4 saturated carbocycles. The Labute approximate surface area is 120 Å². The normalized spacial score (nSPS) is 39.8. The zero-order valence-electron chi connectivity index (χ0n) is 12.2. The highest BCUT2D eigenvalue weighted by molar-refractivity contribution is 5.36. The fraction of sp³-hybridized carbons (Fsp3) is 0.706. The molecule has 5 rings (SSSR count). The van der Waals surface area contributed by atoms with E-state index >= 15 is 0 Å². The minimum Gasteiger partial charge on any atom is -0.474 e. The lowest BCUT2D eigenvalue weighted by Crippen LogP contribution is -2.52. The number of nitrogens with zero attached hydrogens (tertiary/aromatic N) is 1. The zero-order valence-corrected chi connectivity index (χ0v) is 12.2.